The normalized spacial score (nSPS) is 11.1. The molecule has 0 saturated heterocycles. The van der Waals surface area contributed by atoms with Gasteiger partial charge in [-0.2, -0.15) is 13.2 Å². The van der Waals surface area contributed by atoms with E-state index in [0.717, 1.165) is 11.3 Å². The number of alkyl halides is 3. The van der Waals surface area contributed by atoms with E-state index in [1.165, 1.54) is 11.3 Å². The maximum Gasteiger partial charge on any atom is 0.393 e. The molecule has 3 nitrogen and oxygen atoms in total. The second-order valence-electron chi connectivity index (χ2n) is 2.44. The summed E-state index contributed by atoms with van der Waals surface area (Å²) in [4.78, 5) is 13.8. The summed E-state index contributed by atoms with van der Waals surface area (Å²) in [7, 11) is 0. The Hall–Kier alpha value is -1.33. The van der Waals surface area contributed by atoms with Gasteiger partial charge in [0.05, 0.1) is 17.7 Å². The highest BCUT2D eigenvalue weighted by Gasteiger charge is 2.30. The summed E-state index contributed by atoms with van der Waals surface area (Å²) in [6, 6.07) is 0. The molecule has 0 saturated carbocycles. The molecule has 1 aromatic heterocycles. The van der Waals surface area contributed by atoms with Crippen LogP contribution in [-0.2, 0) is 4.79 Å². The molecule has 14 heavy (non-hydrogen) atoms. The lowest BCUT2D eigenvalue weighted by atomic mass is 10.1. The predicted octanol–water partition coefficient (Wildman–Crippen LogP) is 1.89. The van der Waals surface area contributed by atoms with E-state index in [9.17, 15) is 18.0 Å². The van der Waals surface area contributed by atoms with E-state index in [2.05, 4.69) is 4.98 Å². The van der Waals surface area contributed by atoms with Gasteiger partial charge in [-0.15, -0.1) is 11.3 Å². The zero-order valence-corrected chi connectivity index (χ0v) is 7.58. The Morgan fingerprint density at radius 3 is 2.64 bits per heavy atom. The fourth-order valence-electron chi connectivity index (χ4n) is 0.806. The van der Waals surface area contributed by atoms with Gasteiger partial charge in [0.1, 0.15) is 5.94 Å². The monoisotopic (exact) mass is 222 g/mol. The van der Waals surface area contributed by atoms with Gasteiger partial charge in [0.25, 0.3) is 0 Å². The molecule has 7 heteroatoms. The lowest BCUT2D eigenvalue weighted by Crippen LogP contribution is -2.08. The number of thiazole rings is 1. The zero-order valence-electron chi connectivity index (χ0n) is 6.76. The summed E-state index contributed by atoms with van der Waals surface area (Å²) in [5, 5.41) is 1.41. The zero-order chi connectivity index (χ0) is 10.8. The number of nitrogen functional groups attached to an aromatic ring is 1. The Morgan fingerprint density at radius 2 is 2.29 bits per heavy atom. The topological polar surface area (TPSA) is 56.0 Å². The lowest BCUT2D eigenvalue weighted by molar-refractivity contribution is -0.122. The molecule has 1 heterocycles. The van der Waals surface area contributed by atoms with Gasteiger partial charge in [-0.1, -0.05) is 0 Å². The van der Waals surface area contributed by atoms with Crippen molar-refractivity contribution in [1.82, 2.24) is 4.98 Å². The first kappa shape index (κ1) is 10.7. The summed E-state index contributed by atoms with van der Waals surface area (Å²) in [6.07, 6.45) is -5.77. The standard InChI is InChI=1S/C7H5F3N2OS/c8-7(9,10)1-4(2-13)5-3-14-6(11)12-5/h3H,1H2,(H2,11,12). The number of nitrogens with two attached hydrogens (primary N) is 1. The smallest absolute Gasteiger partial charge is 0.375 e. The molecule has 1 rings (SSSR count). The van der Waals surface area contributed by atoms with Crippen molar-refractivity contribution in [3.63, 3.8) is 0 Å². The van der Waals surface area contributed by atoms with Crippen LogP contribution in [0.25, 0.3) is 5.57 Å². The van der Waals surface area contributed by atoms with Gasteiger partial charge in [-0.25, -0.2) is 9.78 Å². The van der Waals surface area contributed by atoms with Crippen LogP contribution in [0.4, 0.5) is 18.3 Å². The molecule has 0 aliphatic heterocycles. The van der Waals surface area contributed by atoms with E-state index in [0.29, 0.717) is 0 Å². The summed E-state index contributed by atoms with van der Waals surface area (Å²) >= 11 is 0.974. The second kappa shape index (κ2) is 3.81. The first-order valence-electron chi connectivity index (χ1n) is 3.44. The molecule has 0 bridgehead atoms. The highest BCUT2D eigenvalue weighted by Crippen LogP contribution is 2.29. The van der Waals surface area contributed by atoms with Crippen molar-refractivity contribution < 1.29 is 18.0 Å². The number of nitrogens with zero attached hydrogens (tertiary/aromatic N) is 1. The van der Waals surface area contributed by atoms with Crippen molar-refractivity contribution in [2.24, 2.45) is 0 Å². The van der Waals surface area contributed by atoms with Crippen LogP contribution in [-0.4, -0.2) is 17.1 Å². The molecule has 0 amide bonds. The molecule has 0 aliphatic rings. The number of anilines is 1. The fraction of sp³-hybridized carbons (Fsp3) is 0.286. The number of allylic oxidation sites excluding steroid dienone is 1. The van der Waals surface area contributed by atoms with Crippen LogP contribution in [0.2, 0.25) is 0 Å². The molecule has 2 N–H and O–H groups in total. The summed E-state index contributed by atoms with van der Waals surface area (Å²) in [5.41, 5.74) is 4.64. The van der Waals surface area contributed by atoms with E-state index in [1.54, 1.807) is 0 Å². The Morgan fingerprint density at radius 1 is 1.64 bits per heavy atom. The van der Waals surface area contributed by atoms with Gasteiger partial charge in [0, 0.05) is 5.38 Å². The molecule has 0 aliphatic carbocycles. The SMILES string of the molecule is Nc1nc(C(=C=O)CC(F)(F)F)cs1. The van der Waals surface area contributed by atoms with Crippen LogP contribution in [0.1, 0.15) is 12.1 Å². The Balaban J connectivity index is 2.90. The third-order valence-electron chi connectivity index (χ3n) is 1.33. The summed E-state index contributed by atoms with van der Waals surface area (Å²) in [5.74, 6) is 1.22. The molecule has 1 aromatic rings. The van der Waals surface area contributed by atoms with E-state index >= 15 is 0 Å². The van der Waals surface area contributed by atoms with Gasteiger partial charge >= 0.3 is 6.18 Å². The largest absolute Gasteiger partial charge is 0.393 e. The quantitative estimate of drug-likeness (QED) is 0.777. The lowest BCUT2D eigenvalue weighted by Gasteiger charge is -2.04. The first-order valence-corrected chi connectivity index (χ1v) is 4.32. The average molecular weight is 222 g/mol. The number of carbonyl (C=O) groups excluding carboxylic acids is 1. The van der Waals surface area contributed by atoms with Crippen LogP contribution < -0.4 is 5.73 Å². The van der Waals surface area contributed by atoms with Gasteiger partial charge in [-0.3, -0.25) is 0 Å². The number of rotatable bonds is 2. The maximum absolute atomic E-state index is 11.9. The third kappa shape index (κ3) is 2.86. The molecule has 0 spiro atoms. The van der Waals surface area contributed by atoms with Crippen LogP contribution in [0.5, 0.6) is 0 Å². The van der Waals surface area contributed by atoms with Crippen LogP contribution in [0, 0.1) is 0 Å². The third-order valence-corrected chi connectivity index (χ3v) is 2.01. The van der Waals surface area contributed by atoms with Crippen LogP contribution in [0.3, 0.4) is 0 Å². The number of hydrogen-bond donors (Lipinski definition) is 1. The van der Waals surface area contributed by atoms with Crippen LogP contribution >= 0.6 is 11.3 Å². The van der Waals surface area contributed by atoms with Gasteiger partial charge in [0.15, 0.2) is 5.13 Å². The fourth-order valence-corrected chi connectivity index (χ4v) is 1.38. The minimum Gasteiger partial charge on any atom is -0.375 e. The van der Waals surface area contributed by atoms with Crippen molar-refractivity contribution in [2.75, 3.05) is 5.73 Å². The van der Waals surface area contributed by atoms with Gasteiger partial charge in [-0.05, 0) is 0 Å². The molecule has 0 atom stereocenters. The van der Waals surface area contributed by atoms with Crippen molar-refractivity contribution in [2.45, 2.75) is 12.6 Å². The summed E-state index contributed by atoms with van der Waals surface area (Å²) < 4.78 is 35.8. The van der Waals surface area contributed by atoms with Gasteiger partial charge < -0.3 is 5.73 Å². The first-order chi connectivity index (χ1) is 6.42. The second-order valence-corrected chi connectivity index (χ2v) is 3.33. The van der Waals surface area contributed by atoms with Crippen molar-refractivity contribution >= 4 is 28.0 Å². The highest BCUT2D eigenvalue weighted by atomic mass is 32.1. The predicted molar refractivity (Wildman–Crippen MR) is 46.3 cm³/mol. The number of hydrogen-bond acceptors (Lipinski definition) is 4. The Kier molecular flexibility index (Phi) is 2.93. The van der Waals surface area contributed by atoms with E-state index in [4.69, 9.17) is 5.73 Å². The van der Waals surface area contributed by atoms with Gasteiger partial charge in [0.2, 0.25) is 0 Å². The van der Waals surface area contributed by atoms with Crippen molar-refractivity contribution in [3.8, 4) is 0 Å². The van der Waals surface area contributed by atoms with E-state index < -0.39 is 18.2 Å². The van der Waals surface area contributed by atoms with Crippen molar-refractivity contribution in [1.29, 1.82) is 0 Å². The Bertz CT molecular complexity index is 379. The highest BCUT2D eigenvalue weighted by molar-refractivity contribution is 7.13. The van der Waals surface area contributed by atoms with E-state index in [-0.39, 0.29) is 10.8 Å². The van der Waals surface area contributed by atoms with Crippen molar-refractivity contribution in [3.05, 3.63) is 11.1 Å². The number of halogens is 3. The molecular weight excluding hydrogens is 217 g/mol. The van der Waals surface area contributed by atoms with Crippen LogP contribution in [0.15, 0.2) is 5.38 Å². The molecule has 76 valence electrons. The number of aromatic nitrogens is 1. The molecule has 0 aromatic carbocycles. The molecule has 0 unspecified atom stereocenters. The average Bonchev–Trinajstić information content (AvgIpc) is 2.46. The van der Waals surface area contributed by atoms with E-state index in [1.807, 2.05) is 0 Å². The minimum absolute atomic E-state index is 0.0557. The maximum atomic E-state index is 11.9. The minimum atomic E-state index is -4.44. The molecule has 0 radical (unpaired) electrons. The Labute approximate surface area is 81.1 Å². The summed E-state index contributed by atoms with van der Waals surface area (Å²) in [6.45, 7) is 0. The molecule has 0 fully saturated rings. The molecular formula is C7H5F3N2OS.